The third-order valence-corrected chi connectivity index (χ3v) is 7.20. The molecule has 2 heterocycles. The summed E-state index contributed by atoms with van der Waals surface area (Å²) in [6.45, 7) is 10.2. The SMILES string of the molecule is C/C=C\C(=C/C)Cn1ncc2c(C(=O)N(C3CC3)C3CCc4nn(C(=O)OC(C)(C)C)cc4C3)cccc21. The van der Waals surface area contributed by atoms with Gasteiger partial charge in [-0.05, 0) is 90.0 Å². The molecule has 1 fully saturated rings. The highest BCUT2D eigenvalue weighted by molar-refractivity contribution is 6.06. The number of ether oxygens (including phenoxy) is 1. The molecular weight excluding hydrogens is 478 g/mol. The van der Waals surface area contributed by atoms with Crippen molar-refractivity contribution in [2.24, 2.45) is 0 Å². The lowest BCUT2D eigenvalue weighted by Crippen LogP contribution is -2.44. The summed E-state index contributed by atoms with van der Waals surface area (Å²) in [6, 6.07) is 6.22. The Kier molecular flexibility index (Phi) is 6.99. The number of amides is 1. The molecule has 1 unspecified atom stereocenters. The van der Waals surface area contributed by atoms with Crippen molar-refractivity contribution in [1.82, 2.24) is 24.5 Å². The molecule has 0 N–H and O–H groups in total. The van der Waals surface area contributed by atoms with E-state index in [2.05, 4.69) is 27.2 Å². The van der Waals surface area contributed by atoms with Crippen molar-refractivity contribution in [2.75, 3.05) is 0 Å². The number of allylic oxidation sites excluding steroid dienone is 4. The molecule has 0 radical (unpaired) electrons. The molecule has 0 aliphatic heterocycles. The first-order valence-corrected chi connectivity index (χ1v) is 13.5. The van der Waals surface area contributed by atoms with Crippen LogP contribution < -0.4 is 0 Å². The Labute approximate surface area is 223 Å². The molecule has 0 bridgehead atoms. The number of carbonyl (C=O) groups excluding carboxylic acids is 2. The summed E-state index contributed by atoms with van der Waals surface area (Å²) < 4.78 is 8.76. The first-order chi connectivity index (χ1) is 18.2. The third kappa shape index (κ3) is 5.30. The lowest BCUT2D eigenvalue weighted by Gasteiger charge is -2.34. The second-order valence-electron chi connectivity index (χ2n) is 11.3. The van der Waals surface area contributed by atoms with Crippen LogP contribution in [-0.2, 0) is 24.1 Å². The lowest BCUT2D eigenvalue weighted by atomic mass is 9.91. The van der Waals surface area contributed by atoms with Crippen molar-refractivity contribution >= 4 is 22.9 Å². The molecule has 1 atom stereocenters. The zero-order valence-electron chi connectivity index (χ0n) is 23.0. The highest BCUT2D eigenvalue weighted by Crippen LogP contribution is 2.36. The lowest BCUT2D eigenvalue weighted by molar-refractivity contribution is 0.0513. The van der Waals surface area contributed by atoms with Gasteiger partial charge in [-0.25, -0.2) is 4.79 Å². The van der Waals surface area contributed by atoms with Crippen LogP contribution in [0.15, 0.2) is 54.4 Å². The quantitative estimate of drug-likeness (QED) is 0.393. The largest absolute Gasteiger partial charge is 0.442 e. The fraction of sp³-hybridized carbons (Fsp3) is 0.467. The van der Waals surface area contributed by atoms with Crippen molar-refractivity contribution < 1.29 is 14.3 Å². The summed E-state index contributed by atoms with van der Waals surface area (Å²) in [5.41, 5.74) is 4.17. The van der Waals surface area contributed by atoms with E-state index < -0.39 is 11.7 Å². The molecule has 2 aliphatic carbocycles. The smallest absolute Gasteiger partial charge is 0.435 e. The van der Waals surface area contributed by atoms with Crippen LogP contribution in [0.25, 0.3) is 10.9 Å². The van der Waals surface area contributed by atoms with E-state index in [-0.39, 0.29) is 18.0 Å². The number of carbonyl (C=O) groups is 2. The number of benzene rings is 1. The maximum Gasteiger partial charge on any atom is 0.435 e. The van der Waals surface area contributed by atoms with E-state index in [9.17, 15) is 9.59 Å². The van der Waals surface area contributed by atoms with Gasteiger partial charge >= 0.3 is 6.09 Å². The van der Waals surface area contributed by atoms with Gasteiger partial charge < -0.3 is 9.64 Å². The minimum atomic E-state index is -0.586. The fourth-order valence-corrected chi connectivity index (χ4v) is 5.29. The van der Waals surface area contributed by atoms with E-state index in [0.717, 1.165) is 47.8 Å². The molecule has 1 amide bonds. The third-order valence-electron chi connectivity index (χ3n) is 7.20. The summed E-state index contributed by atoms with van der Waals surface area (Å²) in [5, 5.41) is 10.0. The number of fused-ring (bicyclic) bond motifs is 2. The molecule has 3 aromatic rings. The van der Waals surface area contributed by atoms with Crippen LogP contribution in [0.4, 0.5) is 4.79 Å². The number of aromatic nitrogens is 4. The maximum absolute atomic E-state index is 14.1. The van der Waals surface area contributed by atoms with Crippen LogP contribution in [0.3, 0.4) is 0 Å². The molecule has 2 aliphatic rings. The monoisotopic (exact) mass is 515 g/mol. The maximum atomic E-state index is 14.1. The van der Waals surface area contributed by atoms with Crippen LogP contribution in [0.2, 0.25) is 0 Å². The molecule has 8 nitrogen and oxygen atoms in total. The van der Waals surface area contributed by atoms with Gasteiger partial charge in [0.2, 0.25) is 0 Å². The van der Waals surface area contributed by atoms with Gasteiger partial charge in [0.05, 0.1) is 29.5 Å². The Hall–Kier alpha value is -3.68. The van der Waals surface area contributed by atoms with Crippen molar-refractivity contribution in [3.05, 3.63) is 71.2 Å². The molecular formula is C30H37N5O3. The fourth-order valence-electron chi connectivity index (χ4n) is 5.29. The van der Waals surface area contributed by atoms with Crippen LogP contribution in [-0.4, -0.2) is 54.1 Å². The second kappa shape index (κ2) is 10.2. The van der Waals surface area contributed by atoms with Crippen molar-refractivity contribution in [2.45, 2.75) is 91.0 Å². The Balaban J connectivity index is 1.39. The predicted molar refractivity (Wildman–Crippen MR) is 147 cm³/mol. The van der Waals surface area contributed by atoms with Gasteiger partial charge in [-0.1, -0.05) is 24.3 Å². The molecule has 0 saturated heterocycles. The Bertz CT molecular complexity index is 1420. The number of hydrogen-bond acceptors (Lipinski definition) is 5. The molecule has 200 valence electrons. The van der Waals surface area contributed by atoms with E-state index in [4.69, 9.17) is 4.74 Å². The van der Waals surface area contributed by atoms with Gasteiger partial charge in [-0.15, -0.1) is 0 Å². The second-order valence-corrected chi connectivity index (χ2v) is 11.3. The summed E-state index contributed by atoms with van der Waals surface area (Å²) in [6.07, 6.45) is 13.6. The molecule has 8 heteroatoms. The van der Waals surface area contributed by atoms with Gasteiger partial charge in [0, 0.05) is 23.7 Å². The van der Waals surface area contributed by atoms with Crippen molar-refractivity contribution in [3.8, 4) is 0 Å². The van der Waals surface area contributed by atoms with Crippen molar-refractivity contribution in [3.63, 3.8) is 0 Å². The highest BCUT2D eigenvalue weighted by Gasteiger charge is 2.40. The number of rotatable bonds is 6. The molecule has 2 aromatic heterocycles. The van der Waals surface area contributed by atoms with Gasteiger partial charge in [-0.3, -0.25) is 9.48 Å². The minimum absolute atomic E-state index is 0.0605. The van der Waals surface area contributed by atoms with Crippen LogP contribution in [0, 0.1) is 0 Å². The van der Waals surface area contributed by atoms with Crippen LogP contribution in [0.5, 0.6) is 0 Å². The average molecular weight is 516 g/mol. The zero-order chi connectivity index (χ0) is 27.0. The van der Waals surface area contributed by atoms with E-state index in [1.54, 1.807) is 6.20 Å². The molecule has 0 spiro atoms. The zero-order valence-corrected chi connectivity index (χ0v) is 23.0. The van der Waals surface area contributed by atoms with Gasteiger partial charge in [0.15, 0.2) is 0 Å². The summed E-state index contributed by atoms with van der Waals surface area (Å²) in [4.78, 5) is 28.7. The molecule has 1 saturated carbocycles. The normalized spacial score (nSPS) is 18.1. The molecule has 1 aromatic carbocycles. The van der Waals surface area contributed by atoms with Gasteiger partial charge in [0.25, 0.3) is 5.91 Å². The van der Waals surface area contributed by atoms with Gasteiger partial charge in [-0.2, -0.15) is 14.9 Å². The number of aryl methyl sites for hydroxylation is 1. The first kappa shape index (κ1) is 25.9. The Morgan fingerprint density at radius 1 is 1.16 bits per heavy atom. The Morgan fingerprint density at radius 3 is 2.63 bits per heavy atom. The number of nitrogens with zero attached hydrogens (tertiary/aromatic N) is 5. The standard InChI is InChI=1S/C30H37N5O3/c1-6-9-20(7-2)18-33-27-11-8-10-24(25(27)17-31-33)28(36)35(22-12-13-22)23-14-15-26-21(16-23)19-34(32-26)29(37)38-30(3,4)5/h6-11,17,19,22-23H,12-16,18H2,1-5H3/b9-6-,20-7+. The number of hydrogen-bond donors (Lipinski definition) is 0. The molecule has 38 heavy (non-hydrogen) atoms. The van der Waals surface area contributed by atoms with E-state index >= 15 is 0 Å². The van der Waals surface area contributed by atoms with Crippen LogP contribution >= 0.6 is 0 Å². The van der Waals surface area contributed by atoms with Crippen molar-refractivity contribution in [1.29, 1.82) is 0 Å². The van der Waals surface area contributed by atoms with Crippen LogP contribution in [0.1, 0.15) is 75.5 Å². The van der Waals surface area contributed by atoms with E-state index in [1.807, 2.05) is 69.8 Å². The van der Waals surface area contributed by atoms with E-state index in [1.165, 1.54) is 10.3 Å². The molecule has 5 rings (SSSR count). The first-order valence-electron chi connectivity index (χ1n) is 13.5. The predicted octanol–water partition coefficient (Wildman–Crippen LogP) is 5.70. The Morgan fingerprint density at radius 2 is 1.95 bits per heavy atom. The average Bonchev–Trinajstić information content (AvgIpc) is 3.47. The summed E-state index contributed by atoms with van der Waals surface area (Å²) in [7, 11) is 0. The minimum Gasteiger partial charge on any atom is -0.442 e. The topological polar surface area (TPSA) is 82.3 Å². The highest BCUT2D eigenvalue weighted by atomic mass is 16.6. The summed E-state index contributed by atoms with van der Waals surface area (Å²) in [5.74, 6) is 0.0605. The summed E-state index contributed by atoms with van der Waals surface area (Å²) >= 11 is 0. The van der Waals surface area contributed by atoms with Gasteiger partial charge in [0.1, 0.15) is 5.60 Å². The van der Waals surface area contributed by atoms with E-state index in [0.29, 0.717) is 18.5 Å².